The van der Waals surface area contributed by atoms with Gasteiger partial charge in [-0.3, -0.25) is 9.59 Å². The number of hydrogen-bond donors (Lipinski definition) is 3. The van der Waals surface area contributed by atoms with Crippen molar-refractivity contribution in [3.63, 3.8) is 0 Å². The van der Waals surface area contributed by atoms with E-state index in [1.54, 1.807) is 24.3 Å². The molecule has 0 aliphatic carbocycles. The molecule has 0 radical (unpaired) electrons. The molecule has 1 aliphatic rings. The first kappa shape index (κ1) is 24.7. The molecule has 0 saturated carbocycles. The summed E-state index contributed by atoms with van der Waals surface area (Å²) in [5.74, 6) is -1.04. The Morgan fingerprint density at radius 2 is 1.70 bits per heavy atom. The highest BCUT2D eigenvalue weighted by molar-refractivity contribution is 7.87. The van der Waals surface area contributed by atoms with Crippen LogP contribution in [-0.2, 0) is 20.4 Å². The van der Waals surface area contributed by atoms with Gasteiger partial charge in [0.15, 0.2) is 0 Å². The zero-order chi connectivity index (χ0) is 24.1. The molecular formula is C23H29N3O6S. The molecule has 3 N–H and O–H groups in total. The Morgan fingerprint density at radius 3 is 2.30 bits per heavy atom. The van der Waals surface area contributed by atoms with Crippen LogP contribution in [0.3, 0.4) is 0 Å². The summed E-state index contributed by atoms with van der Waals surface area (Å²) in [7, 11) is -2.44. The third kappa shape index (κ3) is 5.70. The first-order valence-electron chi connectivity index (χ1n) is 10.7. The van der Waals surface area contributed by atoms with Crippen molar-refractivity contribution < 1.29 is 27.9 Å². The van der Waals surface area contributed by atoms with Gasteiger partial charge in [0.25, 0.3) is 16.1 Å². The van der Waals surface area contributed by atoms with Gasteiger partial charge in [0, 0.05) is 25.0 Å². The van der Waals surface area contributed by atoms with Crippen LogP contribution in [0.15, 0.2) is 54.6 Å². The molecular weight excluding hydrogens is 446 g/mol. The quantitative estimate of drug-likeness (QED) is 0.508. The first-order chi connectivity index (χ1) is 15.7. The first-order valence-corrected chi connectivity index (χ1v) is 12.1. The van der Waals surface area contributed by atoms with Crippen molar-refractivity contribution >= 4 is 22.1 Å². The zero-order valence-corrected chi connectivity index (χ0v) is 19.5. The lowest BCUT2D eigenvalue weighted by atomic mass is 9.73. The van der Waals surface area contributed by atoms with Crippen LogP contribution in [0.1, 0.15) is 35.7 Å². The predicted octanol–water partition coefficient (Wildman–Crippen LogP) is 1.77. The van der Waals surface area contributed by atoms with Crippen molar-refractivity contribution in [3.8, 4) is 5.75 Å². The van der Waals surface area contributed by atoms with Crippen LogP contribution < -0.4 is 14.8 Å². The normalized spacial score (nSPS) is 17.2. The second-order valence-corrected chi connectivity index (χ2v) is 9.81. The Bertz CT molecular complexity index is 1080. The van der Waals surface area contributed by atoms with E-state index in [-0.39, 0.29) is 19.0 Å². The third-order valence-electron chi connectivity index (χ3n) is 6.04. The number of carbonyl (C=O) groups is 2. The fourth-order valence-electron chi connectivity index (χ4n) is 4.04. The van der Waals surface area contributed by atoms with Crippen LogP contribution >= 0.6 is 0 Å². The van der Waals surface area contributed by atoms with E-state index in [1.165, 1.54) is 18.3 Å². The van der Waals surface area contributed by atoms with E-state index in [9.17, 15) is 18.0 Å². The van der Waals surface area contributed by atoms with Crippen molar-refractivity contribution in [1.29, 1.82) is 0 Å². The summed E-state index contributed by atoms with van der Waals surface area (Å²) in [6.07, 6.45) is 0.928. The van der Waals surface area contributed by atoms with Gasteiger partial charge in [0.1, 0.15) is 11.8 Å². The molecule has 1 heterocycles. The lowest BCUT2D eigenvalue weighted by molar-refractivity contribution is -0.138. The maximum atomic E-state index is 12.9. The Morgan fingerprint density at radius 1 is 1.09 bits per heavy atom. The molecule has 1 unspecified atom stereocenters. The molecule has 2 aromatic carbocycles. The summed E-state index contributed by atoms with van der Waals surface area (Å²) in [6.45, 7) is 1.99. The van der Waals surface area contributed by atoms with Gasteiger partial charge < -0.3 is 15.2 Å². The van der Waals surface area contributed by atoms with Gasteiger partial charge in [-0.05, 0) is 37.5 Å². The Hall–Kier alpha value is -2.95. The smallest absolute Gasteiger partial charge is 0.321 e. The number of benzene rings is 2. The number of carbonyl (C=O) groups excluding carboxylic acids is 1. The summed E-state index contributed by atoms with van der Waals surface area (Å²) in [6, 6.07) is 15.4. The number of aliphatic carboxylic acids is 1. The third-order valence-corrected chi connectivity index (χ3v) is 7.74. The highest BCUT2D eigenvalue weighted by Crippen LogP contribution is 2.36. The van der Waals surface area contributed by atoms with Gasteiger partial charge >= 0.3 is 5.97 Å². The molecule has 1 saturated heterocycles. The van der Waals surface area contributed by atoms with E-state index >= 15 is 0 Å². The van der Waals surface area contributed by atoms with E-state index in [4.69, 9.17) is 9.84 Å². The number of nitrogens with one attached hydrogen (secondary N) is 2. The number of ether oxygens (including phenoxy) is 1. The second-order valence-electron chi connectivity index (χ2n) is 8.11. The topological polar surface area (TPSA) is 125 Å². The lowest BCUT2D eigenvalue weighted by Gasteiger charge is -2.42. The van der Waals surface area contributed by atoms with Gasteiger partial charge in [-0.2, -0.15) is 17.4 Å². The molecule has 10 heteroatoms. The van der Waals surface area contributed by atoms with Crippen molar-refractivity contribution in [3.05, 3.63) is 65.7 Å². The fraction of sp³-hybridized carbons (Fsp3) is 0.391. The SMILES string of the molecule is COc1ccccc1C(=O)NCC1(c2ccccc2)CCN(S(=O)(=O)NC(C)C(=O)O)CC1. The van der Waals surface area contributed by atoms with Crippen molar-refractivity contribution in [2.75, 3.05) is 26.7 Å². The van der Waals surface area contributed by atoms with Crippen LogP contribution in [0, 0.1) is 0 Å². The van der Waals surface area contributed by atoms with Gasteiger partial charge in [-0.15, -0.1) is 0 Å². The molecule has 0 bridgehead atoms. The molecule has 1 atom stereocenters. The number of carboxylic acids is 1. The average Bonchev–Trinajstić information content (AvgIpc) is 2.83. The van der Waals surface area contributed by atoms with Gasteiger partial charge in [-0.1, -0.05) is 42.5 Å². The molecule has 3 rings (SSSR count). The van der Waals surface area contributed by atoms with E-state index in [2.05, 4.69) is 10.0 Å². The van der Waals surface area contributed by atoms with Gasteiger partial charge in [0.2, 0.25) is 0 Å². The van der Waals surface area contributed by atoms with E-state index in [0.717, 1.165) is 5.56 Å². The van der Waals surface area contributed by atoms with Crippen LogP contribution in [0.4, 0.5) is 0 Å². The van der Waals surface area contributed by atoms with Crippen LogP contribution in [0.2, 0.25) is 0 Å². The Balaban J connectivity index is 1.77. The predicted molar refractivity (Wildman–Crippen MR) is 123 cm³/mol. The summed E-state index contributed by atoms with van der Waals surface area (Å²) in [5.41, 5.74) is 0.966. The highest BCUT2D eigenvalue weighted by Gasteiger charge is 2.40. The lowest BCUT2D eigenvalue weighted by Crippen LogP contribution is -2.54. The van der Waals surface area contributed by atoms with E-state index in [1.807, 2.05) is 30.3 Å². The second kappa shape index (κ2) is 10.3. The molecule has 9 nitrogen and oxygen atoms in total. The molecule has 1 fully saturated rings. The Kier molecular flexibility index (Phi) is 7.72. The zero-order valence-electron chi connectivity index (χ0n) is 18.7. The van der Waals surface area contributed by atoms with Gasteiger partial charge in [0.05, 0.1) is 12.7 Å². The fourth-order valence-corrected chi connectivity index (χ4v) is 5.40. The van der Waals surface area contributed by atoms with E-state index in [0.29, 0.717) is 30.7 Å². The number of nitrogens with zero attached hydrogens (tertiary/aromatic N) is 1. The molecule has 1 aliphatic heterocycles. The molecule has 2 aromatic rings. The number of piperidine rings is 1. The van der Waals surface area contributed by atoms with Gasteiger partial charge in [-0.25, -0.2) is 0 Å². The minimum absolute atomic E-state index is 0.196. The maximum Gasteiger partial charge on any atom is 0.321 e. The summed E-state index contributed by atoms with van der Waals surface area (Å²) >= 11 is 0. The number of hydrogen-bond acceptors (Lipinski definition) is 5. The summed E-state index contributed by atoms with van der Waals surface area (Å²) in [4.78, 5) is 24.0. The van der Waals surface area contributed by atoms with Crippen molar-refractivity contribution in [2.45, 2.75) is 31.2 Å². The summed E-state index contributed by atoms with van der Waals surface area (Å²) in [5, 5.41) is 12.0. The maximum absolute atomic E-state index is 12.9. The number of carboxylic acid groups (broad SMARTS) is 1. The standard InChI is InChI=1S/C23H29N3O6S/c1-17(22(28)29)25-33(30,31)26-14-12-23(13-15-26,18-8-4-3-5-9-18)16-24-21(27)19-10-6-7-11-20(19)32-2/h3-11,17,25H,12-16H2,1-2H3,(H,24,27)(H,28,29). The van der Waals surface area contributed by atoms with Crippen LogP contribution in [-0.4, -0.2) is 62.5 Å². The van der Waals surface area contributed by atoms with Crippen molar-refractivity contribution in [2.24, 2.45) is 0 Å². The van der Waals surface area contributed by atoms with Crippen LogP contribution in [0.5, 0.6) is 5.75 Å². The summed E-state index contributed by atoms with van der Waals surface area (Å²) < 4.78 is 34.0. The monoisotopic (exact) mass is 475 g/mol. The molecule has 33 heavy (non-hydrogen) atoms. The number of para-hydroxylation sites is 1. The number of amides is 1. The van der Waals surface area contributed by atoms with Crippen LogP contribution in [0.25, 0.3) is 0 Å². The Labute approximate surface area is 193 Å². The minimum Gasteiger partial charge on any atom is -0.496 e. The van der Waals surface area contributed by atoms with Crippen molar-refractivity contribution in [1.82, 2.24) is 14.3 Å². The number of methoxy groups -OCH3 is 1. The molecule has 0 spiro atoms. The highest BCUT2D eigenvalue weighted by atomic mass is 32.2. The minimum atomic E-state index is -3.94. The molecule has 0 aromatic heterocycles. The molecule has 1 amide bonds. The van der Waals surface area contributed by atoms with E-state index < -0.39 is 27.6 Å². The molecule has 178 valence electrons. The largest absolute Gasteiger partial charge is 0.496 e. The number of rotatable bonds is 9. The average molecular weight is 476 g/mol.